The van der Waals surface area contributed by atoms with Gasteiger partial charge in [-0.05, 0) is 57.6 Å². The first-order chi connectivity index (χ1) is 9.83. The monoisotopic (exact) mass is 329 g/mol. The Morgan fingerprint density at radius 1 is 1.33 bits per heavy atom. The second-order valence-electron chi connectivity index (χ2n) is 4.90. The minimum absolute atomic E-state index is 0.0303. The largest absolute Gasteiger partial charge is 0.468 e. The minimum Gasteiger partial charge on any atom is -0.468 e. The van der Waals surface area contributed by atoms with Gasteiger partial charge in [0.15, 0.2) is 0 Å². The van der Waals surface area contributed by atoms with Crippen molar-refractivity contribution in [3.63, 3.8) is 0 Å². The highest BCUT2D eigenvalue weighted by Gasteiger charge is 2.15. The van der Waals surface area contributed by atoms with Crippen LogP contribution in [0.15, 0.2) is 18.2 Å². The summed E-state index contributed by atoms with van der Waals surface area (Å²) in [6.07, 6.45) is 0.677. The van der Waals surface area contributed by atoms with Gasteiger partial charge in [0.25, 0.3) is 5.17 Å². The summed E-state index contributed by atoms with van der Waals surface area (Å²) in [4.78, 5) is 11.9. The van der Waals surface area contributed by atoms with Gasteiger partial charge in [-0.1, -0.05) is 18.5 Å². The number of esters is 1. The average molecular weight is 330 g/mol. The molecular weight excluding hydrogens is 310 g/mol. The van der Waals surface area contributed by atoms with Crippen LogP contribution in [0.25, 0.3) is 0 Å². The highest BCUT2D eigenvalue weighted by molar-refractivity contribution is 7.80. The van der Waals surface area contributed by atoms with Crippen molar-refractivity contribution in [3.05, 3.63) is 28.8 Å². The molecule has 0 heterocycles. The van der Waals surface area contributed by atoms with Crippen molar-refractivity contribution in [2.24, 2.45) is 0 Å². The lowest BCUT2D eigenvalue weighted by Crippen LogP contribution is -2.19. The van der Waals surface area contributed by atoms with E-state index in [1.807, 2.05) is 13.8 Å². The fraction of sp³-hybridized carbons (Fsp3) is 0.467. The lowest BCUT2D eigenvalue weighted by Gasteiger charge is -2.15. The van der Waals surface area contributed by atoms with Crippen LogP contribution in [0.2, 0.25) is 5.02 Å². The molecule has 0 spiro atoms. The summed E-state index contributed by atoms with van der Waals surface area (Å²) in [5.41, 5.74) is 0.921. The molecule has 116 valence electrons. The van der Waals surface area contributed by atoms with Crippen LogP contribution in [0, 0.1) is 0 Å². The predicted octanol–water partition coefficient (Wildman–Crippen LogP) is 4.42. The van der Waals surface area contributed by atoms with Crippen molar-refractivity contribution in [1.29, 1.82) is 0 Å². The van der Waals surface area contributed by atoms with Crippen molar-refractivity contribution < 1.29 is 14.3 Å². The molecule has 0 unspecified atom stereocenters. The molecule has 1 rings (SSSR count). The molecule has 0 radical (unpaired) electrons. The van der Waals surface area contributed by atoms with Gasteiger partial charge >= 0.3 is 5.97 Å². The fourth-order valence-corrected chi connectivity index (χ4v) is 1.93. The summed E-state index contributed by atoms with van der Waals surface area (Å²) >= 11 is 11.1. The average Bonchev–Trinajstić information content (AvgIpc) is 2.39. The van der Waals surface area contributed by atoms with Gasteiger partial charge in [0.1, 0.15) is 0 Å². The minimum atomic E-state index is -0.465. The fourth-order valence-electron chi connectivity index (χ4n) is 1.45. The van der Waals surface area contributed by atoms with Crippen LogP contribution in [-0.4, -0.2) is 23.4 Å². The maximum atomic E-state index is 11.9. The van der Waals surface area contributed by atoms with E-state index in [-0.39, 0.29) is 17.4 Å². The molecule has 0 fully saturated rings. The molecule has 1 aromatic rings. The Morgan fingerprint density at radius 3 is 2.57 bits per heavy atom. The van der Waals surface area contributed by atoms with E-state index in [0.717, 1.165) is 6.42 Å². The number of carbonyl (C=O) groups excluding carboxylic acids is 1. The summed E-state index contributed by atoms with van der Waals surface area (Å²) in [6.45, 7) is 7.50. The molecule has 0 aliphatic heterocycles. The van der Waals surface area contributed by atoms with Gasteiger partial charge in [0.2, 0.25) is 0 Å². The SMILES string of the molecule is CC[C@@H](C)OC(=S)Nc1ccc(Cl)c(C(=O)OC(C)C)c1. The second-order valence-corrected chi connectivity index (χ2v) is 5.68. The highest BCUT2D eigenvalue weighted by Crippen LogP contribution is 2.22. The van der Waals surface area contributed by atoms with E-state index in [9.17, 15) is 4.79 Å². The molecule has 1 atom stereocenters. The number of rotatable bonds is 5. The van der Waals surface area contributed by atoms with Crippen molar-refractivity contribution in [2.45, 2.75) is 46.3 Å². The Balaban J connectivity index is 2.82. The van der Waals surface area contributed by atoms with Crippen LogP contribution in [0.5, 0.6) is 0 Å². The number of ether oxygens (including phenoxy) is 2. The van der Waals surface area contributed by atoms with Gasteiger partial charge in [0.05, 0.1) is 22.8 Å². The molecule has 0 aliphatic rings. The van der Waals surface area contributed by atoms with Gasteiger partial charge in [-0.15, -0.1) is 0 Å². The van der Waals surface area contributed by atoms with Crippen molar-refractivity contribution >= 4 is 40.7 Å². The van der Waals surface area contributed by atoms with Gasteiger partial charge < -0.3 is 14.8 Å². The van der Waals surface area contributed by atoms with E-state index < -0.39 is 5.97 Å². The molecular formula is C15H20ClNO3S. The molecule has 0 aromatic heterocycles. The van der Waals surface area contributed by atoms with E-state index in [2.05, 4.69) is 5.32 Å². The van der Waals surface area contributed by atoms with Gasteiger partial charge in [0, 0.05) is 5.69 Å². The zero-order chi connectivity index (χ0) is 16.0. The van der Waals surface area contributed by atoms with Gasteiger partial charge in [-0.25, -0.2) is 4.79 Å². The zero-order valence-corrected chi connectivity index (χ0v) is 14.2. The van der Waals surface area contributed by atoms with Gasteiger partial charge in [-0.2, -0.15) is 0 Å². The molecule has 0 saturated heterocycles. The molecule has 4 nitrogen and oxygen atoms in total. The Morgan fingerprint density at radius 2 is 2.00 bits per heavy atom. The topological polar surface area (TPSA) is 47.6 Å². The number of carbonyl (C=O) groups is 1. The first-order valence-corrected chi connectivity index (χ1v) is 7.60. The maximum Gasteiger partial charge on any atom is 0.339 e. The quantitative estimate of drug-likeness (QED) is 0.640. The normalized spacial score (nSPS) is 11.9. The van der Waals surface area contributed by atoms with Crippen LogP contribution >= 0.6 is 23.8 Å². The molecule has 0 aliphatic carbocycles. The summed E-state index contributed by atoms with van der Waals surface area (Å²) in [6, 6.07) is 4.94. The number of benzene rings is 1. The van der Waals surface area contributed by atoms with Crippen molar-refractivity contribution in [2.75, 3.05) is 5.32 Å². The zero-order valence-electron chi connectivity index (χ0n) is 12.6. The summed E-state index contributed by atoms with van der Waals surface area (Å²) < 4.78 is 10.6. The summed E-state index contributed by atoms with van der Waals surface area (Å²) in [5, 5.41) is 3.52. The van der Waals surface area contributed by atoms with Crippen LogP contribution in [0.4, 0.5) is 5.69 Å². The van der Waals surface area contributed by atoms with E-state index >= 15 is 0 Å². The Hall–Kier alpha value is -1.33. The third kappa shape index (κ3) is 5.89. The Kier molecular flexibility index (Phi) is 6.92. The molecule has 6 heteroatoms. The van der Waals surface area contributed by atoms with Crippen LogP contribution < -0.4 is 5.32 Å². The van der Waals surface area contributed by atoms with Crippen LogP contribution in [-0.2, 0) is 9.47 Å². The lowest BCUT2D eigenvalue weighted by atomic mass is 10.2. The molecule has 0 amide bonds. The highest BCUT2D eigenvalue weighted by atomic mass is 35.5. The summed E-state index contributed by atoms with van der Waals surface area (Å²) in [7, 11) is 0. The molecule has 1 aromatic carbocycles. The molecule has 21 heavy (non-hydrogen) atoms. The second kappa shape index (κ2) is 8.20. The van der Waals surface area contributed by atoms with Gasteiger partial charge in [-0.3, -0.25) is 0 Å². The third-order valence-corrected chi connectivity index (χ3v) is 3.19. The first-order valence-electron chi connectivity index (χ1n) is 6.81. The maximum absolute atomic E-state index is 11.9. The Bertz CT molecular complexity index is 520. The van der Waals surface area contributed by atoms with Crippen molar-refractivity contribution in [3.8, 4) is 0 Å². The number of halogens is 1. The van der Waals surface area contributed by atoms with Crippen LogP contribution in [0.1, 0.15) is 44.5 Å². The molecule has 0 saturated carbocycles. The third-order valence-electron chi connectivity index (χ3n) is 2.66. The Labute approximate surface area is 135 Å². The van der Waals surface area contributed by atoms with Crippen molar-refractivity contribution in [1.82, 2.24) is 0 Å². The van der Waals surface area contributed by atoms with Crippen LogP contribution in [0.3, 0.4) is 0 Å². The van der Waals surface area contributed by atoms with E-state index in [4.69, 9.17) is 33.3 Å². The predicted molar refractivity (Wildman–Crippen MR) is 89.1 cm³/mol. The standard InChI is InChI=1S/C15H20ClNO3S/c1-5-10(4)20-15(21)17-11-6-7-13(16)12(8-11)14(18)19-9(2)3/h6-10H,5H2,1-4H3,(H,17,21)/t10-/m1/s1. The lowest BCUT2D eigenvalue weighted by molar-refractivity contribution is 0.0378. The number of hydrogen-bond donors (Lipinski definition) is 1. The van der Waals surface area contributed by atoms with E-state index in [0.29, 0.717) is 16.3 Å². The number of anilines is 1. The number of thiocarbonyl (C=S) groups is 1. The number of nitrogens with one attached hydrogen (secondary N) is 1. The summed E-state index contributed by atoms with van der Waals surface area (Å²) in [5.74, 6) is -0.465. The van der Waals surface area contributed by atoms with E-state index in [1.54, 1.807) is 32.0 Å². The smallest absolute Gasteiger partial charge is 0.339 e. The van der Waals surface area contributed by atoms with E-state index in [1.165, 1.54) is 0 Å². The number of hydrogen-bond acceptors (Lipinski definition) is 4. The molecule has 0 bridgehead atoms. The molecule has 1 N–H and O–H groups in total. The first kappa shape index (κ1) is 17.7.